The fraction of sp³-hybridized carbons (Fsp3) is 0.0588. The number of nitrogens with zero attached hydrogens (tertiary/aromatic N) is 3. The Hall–Kier alpha value is -2.69. The molecule has 3 N–H and O–H groups in total. The summed E-state index contributed by atoms with van der Waals surface area (Å²) in [6, 6.07) is 12.6. The molecular weight excluding hydrogens is 431 g/mol. The summed E-state index contributed by atoms with van der Waals surface area (Å²) < 4.78 is 41.4. The molecule has 6 nitrogen and oxygen atoms in total. The maximum Gasteiger partial charge on any atom is 0.573 e. The quantitative estimate of drug-likeness (QED) is 0.761. The number of fused-ring (bicyclic) bond motifs is 3. The van der Waals surface area contributed by atoms with Gasteiger partial charge in [-0.1, -0.05) is 34.1 Å². The Labute approximate surface area is 160 Å². The number of para-hydroxylation sites is 1. The topological polar surface area (TPSA) is 81.5 Å². The summed E-state index contributed by atoms with van der Waals surface area (Å²) in [5.74, 6) is -0.487. The molecule has 0 bridgehead atoms. The van der Waals surface area contributed by atoms with Gasteiger partial charge in [0.2, 0.25) is 5.88 Å². The zero-order valence-electron chi connectivity index (χ0n) is 13.4. The number of aliphatic hydroxyl groups is 1. The van der Waals surface area contributed by atoms with Crippen molar-refractivity contribution in [3.63, 3.8) is 0 Å². The molecular formula is C17H12BrF3N3O3. The summed E-state index contributed by atoms with van der Waals surface area (Å²) in [6.07, 6.45) is -3.03. The first-order chi connectivity index (χ1) is 12.3. The number of hydrogen-bond acceptors (Lipinski definition) is 4. The summed E-state index contributed by atoms with van der Waals surface area (Å²) in [5.41, 5.74) is 6.87. The minimum atomic E-state index is -4.76. The molecule has 2 heterocycles. The second kappa shape index (κ2) is 6.80. The van der Waals surface area contributed by atoms with E-state index in [1.165, 1.54) is 17.1 Å². The first kappa shape index (κ1) is 19.1. The highest BCUT2D eigenvalue weighted by atomic mass is 79.9. The van der Waals surface area contributed by atoms with Gasteiger partial charge in [0.1, 0.15) is 11.4 Å². The maximum absolute atomic E-state index is 12.3. The van der Waals surface area contributed by atoms with Crippen LogP contribution in [0.3, 0.4) is 0 Å². The molecule has 2 aromatic carbocycles. The second-order valence-corrected chi connectivity index (χ2v) is 6.33. The van der Waals surface area contributed by atoms with E-state index in [9.17, 15) is 18.3 Å². The Kier molecular flexibility index (Phi) is 4.81. The van der Waals surface area contributed by atoms with Crippen LogP contribution in [0.4, 0.5) is 24.5 Å². The standard InChI is InChI=1S/C17H10BrF3N3O2.H2O/c18-13-9-15-16(25)23(22-24(15)14-4-2-1-3-12(13)14)10-5-7-11(8-6-10)26-17(19,20)21;/h1-9,25H;1H2. The van der Waals surface area contributed by atoms with Gasteiger partial charge in [-0.25, -0.2) is 10.0 Å². The molecule has 0 fully saturated rings. The van der Waals surface area contributed by atoms with Crippen molar-refractivity contribution < 1.29 is 28.5 Å². The molecule has 0 aliphatic carbocycles. The van der Waals surface area contributed by atoms with Crippen LogP contribution in [0, 0.1) is 0 Å². The van der Waals surface area contributed by atoms with E-state index >= 15 is 0 Å². The van der Waals surface area contributed by atoms with Gasteiger partial charge in [-0.05, 0) is 41.9 Å². The van der Waals surface area contributed by atoms with E-state index in [0.717, 1.165) is 27.9 Å². The highest BCUT2D eigenvalue weighted by Gasteiger charge is 2.36. The van der Waals surface area contributed by atoms with E-state index in [0.29, 0.717) is 11.4 Å². The molecule has 2 aromatic rings. The Morgan fingerprint density at radius 2 is 1.67 bits per heavy atom. The third-order valence-corrected chi connectivity index (χ3v) is 4.46. The van der Waals surface area contributed by atoms with E-state index < -0.39 is 6.36 Å². The molecule has 4 rings (SSSR count). The zero-order valence-corrected chi connectivity index (χ0v) is 15.0. The van der Waals surface area contributed by atoms with E-state index in [-0.39, 0.29) is 17.1 Å². The van der Waals surface area contributed by atoms with Crippen LogP contribution in [-0.4, -0.2) is 16.9 Å². The first-order valence-electron chi connectivity index (χ1n) is 7.41. The van der Waals surface area contributed by atoms with Crippen LogP contribution in [0.5, 0.6) is 5.75 Å². The molecule has 2 aliphatic rings. The minimum absolute atomic E-state index is 0. The fourth-order valence-electron chi connectivity index (χ4n) is 2.71. The van der Waals surface area contributed by atoms with Crippen molar-refractivity contribution in [2.75, 3.05) is 10.0 Å². The predicted molar refractivity (Wildman–Crippen MR) is 96.8 cm³/mol. The van der Waals surface area contributed by atoms with Crippen molar-refractivity contribution in [1.29, 1.82) is 0 Å². The molecule has 141 valence electrons. The predicted octanol–water partition coefficient (Wildman–Crippen LogP) is 4.00. The van der Waals surface area contributed by atoms with Gasteiger partial charge in [0.25, 0.3) is 0 Å². The molecule has 0 atom stereocenters. The number of halogens is 4. The van der Waals surface area contributed by atoms with E-state index in [4.69, 9.17) is 0 Å². The van der Waals surface area contributed by atoms with Gasteiger partial charge in [0.15, 0.2) is 0 Å². The molecule has 0 amide bonds. The van der Waals surface area contributed by atoms with E-state index in [2.05, 4.69) is 26.2 Å². The Morgan fingerprint density at radius 1 is 1.00 bits per heavy atom. The summed E-state index contributed by atoms with van der Waals surface area (Å²) in [4.78, 5) is 0. The number of hydrogen-bond donors (Lipinski definition) is 1. The number of alkyl halides is 3. The van der Waals surface area contributed by atoms with Gasteiger partial charge in [-0.15, -0.1) is 13.2 Å². The van der Waals surface area contributed by atoms with Crippen LogP contribution in [-0.2, 0) is 0 Å². The van der Waals surface area contributed by atoms with Gasteiger partial charge < -0.3 is 15.3 Å². The van der Waals surface area contributed by atoms with Crippen molar-refractivity contribution in [3.05, 3.63) is 71.8 Å². The Morgan fingerprint density at radius 3 is 2.33 bits per heavy atom. The third kappa shape index (κ3) is 3.46. The molecule has 0 saturated carbocycles. The maximum atomic E-state index is 12.3. The van der Waals surface area contributed by atoms with E-state index in [1.807, 2.05) is 24.3 Å². The Balaban J connectivity index is 0.00000210. The monoisotopic (exact) mass is 442 g/mol. The van der Waals surface area contributed by atoms with Crippen molar-refractivity contribution >= 4 is 31.8 Å². The van der Waals surface area contributed by atoms with Gasteiger partial charge in [0, 0.05) is 10.0 Å². The second-order valence-electron chi connectivity index (χ2n) is 5.47. The normalized spacial score (nSPS) is 15.8. The smallest absolute Gasteiger partial charge is 0.492 e. The zero-order chi connectivity index (χ0) is 18.5. The molecule has 0 saturated heterocycles. The van der Waals surface area contributed by atoms with Crippen LogP contribution in [0.2, 0.25) is 0 Å². The van der Waals surface area contributed by atoms with Gasteiger partial charge >= 0.3 is 6.36 Å². The number of ether oxygens (including phenoxy) is 1. The minimum Gasteiger partial charge on any atom is -0.492 e. The lowest BCUT2D eigenvalue weighted by atomic mass is 10.1. The summed E-state index contributed by atoms with van der Waals surface area (Å²) >= 11 is 3.47. The number of anilines is 2. The molecule has 0 spiro atoms. The van der Waals surface area contributed by atoms with E-state index in [1.54, 1.807) is 11.1 Å². The van der Waals surface area contributed by atoms with Crippen LogP contribution in [0.15, 0.2) is 66.2 Å². The first-order valence-corrected chi connectivity index (χ1v) is 8.20. The summed E-state index contributed by atoms with van der Waals surface area (Å²) in [6.45, 7) is 0. The summed E-state index contributed by atoms with van der Waals surface area (Å²) in [7, 11) is 0. The lowest BCUT2D eigenvalue weighted by Gasteiger charge is -2.25. The van der Waals surface area contributed by atoms with Crippen molar-refractivity contribution in [1.82, 2.24) is 5.53 Å². The Bertz CT molecular complexity index is 929. The van der Waals surface area contributed by atoms with Crippen LogP contribution in [0.1, 0.15) is 5.56 Å². The summed E-state index contributed by atoms with van der Waals surface area (Å²) in [5, 5.41) is 13.3. The average molecular weight is 443 g/mol. The molecule has 2 aliphatic heterocycles. The number of rotatable bonds is 2. The third-order valence-electron chi connectivity index (χ3n) is 3.80. The lowest BCUT2D eigenvalue weighted by molar-refractivity contribution is -0.274. The van der Waals surface area contributed by atoms with Crippen LogP contribution < -0.4 is 20.3 Å². The number of aliphatic hydroxyl groups excluding tert-OH is 1. The highest BCUT2D eigenvalue weighted by Crippen LogP contribution is 2.42. The SMILES string of the molecule is O.OC1=C2C=C(Br)c3ccccc3N2[N]N1c1ccc(OC(F)(F)F)cc1. The molecule has 10 heteroatoms. The fourth-order valence-corrected chi connectivity index (χ4v) is 3.26. The van der Waals surface area contributed by atoms with Crippen LogP contribution in [0.25, 0.3) is 4.48 Å². The molecule has 1 radical (unpaired) electrons. The lowest BCUT2D eigenvalue weighted by Crippen LogP contribution is -2.35. The van der Waals surface area contributed by atoms with Gasteiger partial charge in [-0.3, -0.25) is 0 Å². The van der Waals surface area contributed by atoms with Crippen LogP contribution >= 0.6 is 15.9 Å². The molecule has 27 heavy (non-hydrogen) atoms. The molecule has 0 aromatic heterocycles. The largest absolute Gasteiger partial charge is 0.573 e. The average Bonchev–Trinajstić information content (AvgIpc) is 2.92. The van der Waals surface area contributed by atoms with Gasteiger partial charge in [0.05, 0.1) is 11.4 Å². The highest BCUT2D eigenvalue weighted by molar-refractivity contribution is 9.15. The molecule has 0 unspecified atom stereocenters. The number of benzene rings is 2. The van der Waals surface area contributed by atoms with Crippen molar-refractivity contribution in [2.45, 2.75) is 6.36 Å². The van der Waals surface area contributed by atoms with Crippen molar-refractivity contribution in [2.24, 2.45) is 0 Å². The number of allylic oxidation sites excluding steroid dienone is 1. The van der Waals surface area contributed by atoms with Crippen molar-refractivity contribution in [3.8, 4) is 5.75 Å². The van der Waals surface area contributed by atoms with Gasteiger partial charge in [-0.2, -0.15) is 0 Å².